The van der Waals surface area contributed by atoms with Gasteiger partial charge < -0.3 is 25.0 Å². The molecule has 2 aliphatic rings. The van der Waals surface area contributed by atoms with Crippen LogP contribution in [0.4, 0.5) is 10.2 Å². The van der Waals surface area contributed by atoms with Crippen LogP contribution in [0.3, 0.4) is 0 Å². The van der Waals surface area contributed by atoms with Gasteiger partial charge in [0.25, 0.3) is 0 Å². The van der Waals surface area contributed by atoms with Crippen LogP contribution < -0.4 is 16.1 Å². The molecule has 0 radical (unpaired) electrons. The molecule has 1 saturated carbocycles. The van der Waals surface area contributed by atoms with Crippen LogP contribution in [0.2, 0.25) is 0 Å². The van der Waals surface area contributed by atoms with Crippen molar-refractivity contribution in [1.82, 2.24) is 9.55 Å². The van der Waals surface area contributed by atoms with Crippen molar-refractivity contribution in [1.29, 1.82) is 0 Å². The first-order valence-corrected chi connectivity index (χ1v) is 8.55. The Kier molecular flexibility index (Phi) is 4.12. The van der Waals surface area contributed by atoms with Crippen molar-refractivity contribution in [3.8, 4) is 0 Å². The lowest BCUT2D eigenvalue weighted by Gasteiger charge is -2.33. The summed E-state index contributed by atoms with van der Waals surface area (Å²) >= 11 is 0. The topological polar surface area (TPSA) is 111 Å². The summed E-state index contributed by atoms with van der Waals surface area (Å²) < 4.78 is 21.9. The average molecular weight is 362 g/mol. The van der Waals surface area contributed by atoms with Crippen LogP contribution in [0.1, 0.15) is 29.2 Å². The number of carboxylic acid groups (broad SMARTS) is 1. The van der Waals surface area contributed by atoms with E-state index in [1.165, 1.54) is 6.20 Å². The molecule has 8 nitrogen and oxygen atoms in total. The predicted octanol–water partition coefficient (Wildman–Crippen LogP) is 0.733. The molecule has 0 bridgehead atoms. The molecule has 1 atom stereocenters. The predicted molar refractivity (Wildman–Crippen MR) is 92.2 cm³/mol. The Morgan fingerprint density at radius 2 is 2.23 bits per heavy atom. The van der Waals surface area contributed by atoms with Crippen molar-refractivity contribution in [2.75, 3.05) is 31.1 Å². The number of fused-ring (bicyclic) bond motifs is 1. The van der Waals surface area contributed by atoms with Gasteiger partial charge in [0.15, 0.2) is 11.6 Å². The van der Waals surface area contributed by atoms with E-state index in [9.17, 15) is 19.1 Å². The second kappa shape index (κ2) is 6.33. The molecule has 3 N–H and O–H groups in total. The molecule has 3 heterocycles. The van der Waals surface area contributed by atoms with Crippen molar-refractivity contribution < 1.29 is 19.0 Å². The van der Waals surface area contributed by atoms with Gasteiger partial charge in [-0.05, 0) is 18.9 Å². The lowest BCUT2D eigenvalue weighted by Crippen LogP contribution is -2.46. The van der Waals surface area contributed by atoms with Gasteiger partial charge in [0.2, 0.25) is 5.43 Å². The van der Waals surface area contributed by atoms with Gasteiger partial charge in [-0.15, -0.1) is 0 Å². The van der Waals surface area contributed by atoms with E-state index < -0.39 is 17.2 Å². The lowest BCUT2D eigenvalue weighted by molar-refractivity contribution is 0.0460. The smallest absolute Gasteiger partial charge is 0.341 e. The Morgan fingerprint density at radius 1 is 1.46 bits per heavy atom. The fourth-order valence-corrected chi connectivity index (χ4v) is 3.30. The molecule has 26 heavy (non-hydrogen) atoms. The first-order valence-electron chi connectivity index (χ1n) is 8.55. The second-order valence-corrected chi connectivity index (χ2v) is 6.65. The zero-order valence-corrected chi connectivity index (χ0v) is 14.0. The van der Waals surface area contributed by atoms with E-state index in [2.05, 4.69) is 4.98 Å². The third-order valence-corrected chi connectivity index (χ3v) is 4.81. The molecule has 0 spiro atoms. The third-order valence-electron chi connectivity index (χ3n) is 4.81. The minimum absolute atomic E-state index is 0.0123. The van der Waals surface area contributed by atoms with E-state index in [4.69, 9.17) is 10.5 Å². The molecule has 2 aromatic rings. The quantitative estimate of drug-likeness (QED) is 0.825. The fraction of sp³-hybridized carbons (Fsp3) is 0.471. The van der Waals surface area contributed by atoms with Crippen LogP contribution in [0, 0.1) is 5.82 Å². The summed E-state index contributed by atoms with van der Waals surface area (Å²) in [5.74, 6) is -1.84. The van der Waals surface area contributed by atoms with Crippen LogP contribution in [0.15, 0.2) is 17.1 Å². The van der Waals surface area contributed by atoms with Crippen molar-refractivity contribution in [3.05, 3.63) is 33.9 Å². The number of aromatic nitrogens is 2. The number of morpholine rings is 1. The van der Waals surface area contributed by atoms with E-state index >= 15 is 0 Å². The summed E-state index contributed by atoms with van der Waals surface area (Å²) in [4.78, 5) is 30.0. The molecule has 9 heteroatoms. The zero-order valence-electron chi connectivity index (χ0n) is 14.0. The number of rotatable bonds is 4. The number of aromatic carboxylic acids is 1. The second-order valence-electron chi connectivity index (χ2n) is 6.65. The lowest BCUT2D eigenvalue weighted by atomic mass is 10.1. The van der Waals surface area contributed by atoms with Crippen molar-refractivity contribution >= 4 is 22.8 Å². The number of hydrogen-bond acceptors (Lipinski definition) is 6. The number of ether oxygens (including phenoxy) is 1. The largest absolute Gasteiger partial charge is 0.477 e. The summed E-state index contributed by atoms with van der Waals surface area (Å²) in [6, 6.07) is 1.18. The molecule has 0 aromatic carbocycles. The van der Waals surface area contributed by atoms with E-state index in [-0.39, 0.29) is 28.9 Å². The molecule has 4 rings (SSSR count). The number of pyridine rings is 2. The minimum atomic E-state index is -1.32. The number of nitrogens with two attached hydrogens (primary N) is 1. The highest BCUT2D eigenvalue weighted by Gasteiger charge is 2.29. The Bertz CT molecular complexity index is 940. The number of nitrogens with zero attached hydrogens (tertiary/aromatic N) is 3. The van der Waals surface area contributed by atoms with E-state index in [1.54, 1.807) is 9.47 Å². The average Bonchev–Trinajstić information content (AvgIpc) is 3.47. The summed E-state index contributed by atoms with van der Waals surface area (Å²) in [6.45, 7) is 1.61. The van der Waals surface area contributed by atoms with Gasteiger partial charge in [-0.25, -0.2) is 14.2 Å². The highest BCUT2D eigenvalue weighted by molar-refractivity contribution is 5.92. The minimum Gasteiger partial charge on any atom is -0.477 e. The molecule has 0 amide bonds. The Balaban J connectivity index is 1.88. The molecule has 1 aliphatic heterocycles. The molecule has 1 saturated heterocycles. The highest BCUT2D eigenvalue weighted by Crippen LogP contribution is 2.37. The standard InChI is InChI=1S/C17H19FN4O4/c18-13-5-11-14(23)12(17(24)25)8-22(9-1-2-9)15(11)20-16(13)21-3-4-26-10(6-19)7-21/h5,8-10H,1-4,6-7,19H2,(H,24,25). The Labute approximate surface area is 148 Å². The van der Waals surface area contributed by atoms with E-state index in [0.29, 0.717) is 31.9 Å². The van der Waals surface area contributed by atoms with Gasteiger partial charge in [0.05, 0.1) is 18.1 Å². The maximum Gasteiger partial charge on any atom is 0.341 e. The summed E-state index contributed by atoms with van der Waals surface area (Å²) in [7, 11) is 0. The maximum absolute atomic E-state index is 14.7. The Hall–Kier alpha value is -2.52. The molecule has 1 aliphatic carbocycles. The van der Waals surface area contributed by atoms with Crippen LogP contribution >= 0.6 is 0 Å². The number of hydrogen-bond donors (Lipinski definition) is 2. The first kappa shape index (κ1) is 16.9. The number of anilines is 1. The molecular weight excluding hydrogens is 343 g/mol. The number of carbonyl (C=O) groups is 1. The summed E-state index contributed by atoms with van der Waals surface area (Å²) in [5.41, 5.74) is 4.87. The SMILES string of the molecule is NCC1CN(c2nc3c(cc2F)c(=O)c(C(=O)O)cn3C2CC2)CCO1. The van der Waals surface area contributed by atoms with Crippen molar-refractivity contribution in [2.45, 2.75) is 25.0 Å². The molecule has 2 aromatic heterocycles. The maximum atomic E-state index is 14.7. The number of carboxylic acids is 1. The van der Waals surface area contributed by atoms with E-state index in [1.807, 2.05) is 0 Å². The summed E-state index contributed by atoms with van der Waals surface area (Å²) in [5, 5.41) is 9.26. The van der Waals surface area contributed by atoms with Gasteiger partial charge in [-0.1, -0.05) is 0 Å². The van der Waals surface area contributed by atoms with Gasteiger partial charge in [-0.3, -0.25) is 4.79 Å². The van der Waals surface area contributed by atoms with Gasteiger partial charge in [0.1, 0.15) is 11.2 Å². The van der Waals surface area contributed by atoms with Gasteiger partial charge >= 0.3 is 5.97 Å². The zero-order chi connectivity index (χ0) is 18.4. The monoisotopic (exact) mass is 362 g/mol. The summed E-state index contributed by atoms with van der Waals surface area (Å²) in [6.07, 6.45) is 2.86. The van der Waals surface area contributed by atoms with E-state index in [0.717, 1.165) is 18.9 Å². The molecular formula is C17H19FN4O4. The fourth-order valence-electron chi connectivity index (χ4n) is 3.30. The number of halogens is 1. The van der Waals surface area contributed by atoms with Crippen LogP contribution in [0.5, 0.6) is 0 Å². The van der Waals surface area contributed by atoms with Gasteiger partial charge in [-0.2, -0.15) is 0 Å². The third kappa shape index (κ3) is 2.82. The van der Waals surface area contributed by atoms with Crippen LogP contribution in [0.25, 0.3) is 11.0 Å². The first-order chi connectivity index (χ1) is 12.5. The normalized spacial score (nSPS) is 20.5. The van der Waals surface area contributed by atoms with Crippen molar-refractivity contribution in [2.24, 2.45) is 5.73 Å². The van der Waals surface area contributed by atoms with Crippen LogP contribution in [-0.2, 0) is 4.74 Å². The van der Waals surface area contributed by atoms with Gasteiger partial charge in [0, 0.05) is 31.9 Å². The van der Waals surface area contributed by atoms with Crippen molar-refractivity contribution in [3.63, 3.8) is 0 Å². The highest BCUT2D eigenvalue weighted by atomic mass is 19.1. The Morgan fingerprint density at radius 3 is 2.88 bits per heavy atom. The van der Waals surface area contributed by atoms with Crippen LogP contribution in [-0.4, -0.2) is 53.0 Å². The molecule has 1 unspecified atom stereocenters. The molecule has 2 fully saturated rings. The molecule has 138 valence electrons.